The first kappa shape index (κ1) is 12.7. The molecule has 0 N–H and O–H groups in total. The Balaban J connectivity index is 5.53. The van der Waals surface area contributed by atoms with Crippen LogP contribution in [0.5, 0.6) is 0 Å². The first-order valence-electron chi connectivity index (χ1n) is 4.36. The van der Waals surface area contributed by atoms with Gasteiger partial charge in [0.25, 0.3) is 0 Å². The van der Waals surface area contributed by atoms with Gasteiger partial charge in [-0.2, -0.15) is 15.8 Å². The van der Waals surface area contributed by atoms with Crippen molar-refractivity contribution in [3.05, 3.63) is 34.4 Å². The highest BCUT2D eigenvalue weighted by Gasteiger charge is 2.05. The Morgan fingerprint density at radius 1 is 1.00 bits per heavy atom. The molecule has 0 heterocycles. The Kier molecular flexibility index (Phi) is 5.24. The van der Waals surface area contributed by atoms with Gasteiger partial charge in [-0.05, 0) is 32.4 Å². The quantitative estimate of drug-likeness (QED) is 0.504. The second-order valence-electron chi connectivity index (χ2n) is 2.92. The summed E-state index contributed by atoms with van der Waals surface area (Å²) in [6, 6.07) is 5.88. The molecule has 0 aliphatic carbocycles. The lowest BCUT2D eigenvalue weighted by molar-refractivity contribution is 1.34. The molecule has 0 aliphatic heterocycles. The van der Waals surface area contributed by atoms with Crippen molar-refractivity contribution in [1.29, 1.82) is 15.8 Å². The van der Waals surface area contributed by atoms with Crippen molar-refractivity contribution in [2.75, 3.05) is 0 Å². The summed E-state index contributed by atoms with van der Waals surface area (Å²) in [5, 5.41) is 26.3. The van der Waals surface area contributed by atoms with Gasteiger partial charge in [-0.3, -0.25) is 0 Å². The van der Waals surface area contributed by atoms with Crippen LogP contribution in [0.15, 0.2) is 34.4 Å². The van der Waals surface area contributed by atoms with E-state index in [2.05, 4.69) is 0 Å². The molecule has 0 aromatic heterocycles. The molecule has 0 aromatic carbocycles. The van der Waals surface area contributed by atoms with E-state index in [0.29, 0.717) is 22.3 Å². The van der Waals surface area contributed by atoms with E-state index < -0.39 is 0 Å². The van der Waals surface area contributed by atoms with Crippen LogP contribution in [-0.4, -0.2) is 0 Å². The SMILES string of the molecule is C\C=C(C#N)/C(C#N)=C(C)/C=C(/C)C#N. The van der Waals surface area contributed by atoms with Crippen LogP contribution in [0.1, 0.15) is 20.8 Å². The van der Waals surface area contributed by atoms with Gasteiger partial charge in [0, 0.05) is 5.57 Å². The Bertz CT molecular complexity index is 457. The molecule has 0 bridgehead atoms. The number of allylic oxidation sites excluding steroid dienone is 6. The zero-order chi connectivity index (χ0) is 11.8. The van der Waals surface area contributed by atoms with E-state index in [-0.39, 0.29) is 0 Å². The largest absolute Gasteiger partial charge is 0.193 e. The normalized spacial score (nSPS) is 13.3. The minimum Gasteiger partial charge on any atom is -0.193 e. The molecule has 3 nitrogen and oxygen atoms in total. The van der Waals surface area contributed by atoms with Gasteiger partial charge in [0.2, 0.25) is 0 Å². The fourth-order valence-electron chi connectivity index (χ4n) is 1.05. The molecule has 0 unspecified atom stereocenters. The number of nitriles is 3. The molecule has 15 heavy (non-hydrogen) atoms. The Labute approximate surface area is 89.9 Å². The maximum Gasteiger partial charge on any atom is 0.101 e. The summed E-state index contributed by atoms with van der Waals surface area (Å²) in [5.41, 5.74) is 1.78. The summed E-state index contributed by atoms with van der Waals surface area (Å²) >= 11 is 0. The van der Waals surface area contributed by atoms with Crippen LogP contribution in [0.4, 0.5) is 0 Å². The van der Waals surface area contributed by atoms with E-state index in [1.165, 1.54) is 0 Å². The van der Waals surface area contributed by atoms with Gasteiger partial charge in [0.15, 0.2) is 0 Å². The van der Waals surface area contributed by atoms with Crippen LogP contribution < -0.4 is 0 Å². The van der Waals surface area contributed by atoms with E-state index >= 15 is 0 Å². The molecule has 0 saturated carbocycles. The molecule has 0 rings (SSSR count). The van der Waals surface area contributed by atoms with Gasteiger partial charge in [-0.25, -0.2) is 0 Å². The minimum absolute atomic E-state index is 0.314. The molecule has 0 amide bonds. The standard InChI is InChI=1S/C12H11N3/c1-4-11(7-14)12(8-15)10(3)5-9(2)6-13/h4-5H,1-3H3/b9-5-,11-4-,12-10+. The van der Waals surface area contributed by atoms with Gasteiger partial charge in [-0.1, -0.05) is 6.08 Å². The average molecular weight is 197 g/mol. The number of rotatable bonds is 2. The van der Waals surface area contributed by atoms with Gasteiger partial charge in [0.1, 0.15) is 12.1 Å². The first-order chi connectivity index (χ1) is 7.10. The second-order valence-corrected chi connectivity index (χ2v) is 2.92. The third-order valence-corrected chi connectivity index (χ3v) is 1.79. The molecule has 0 aromatic rings. The van der Waals surface area contributed by atoms with Crippen molar-refractivity contribution in [2.24, 2.45) is 0 Å². The molecule has 0 spiro atoms. The van der Waals surface area contributed by atoms with Crippen molar-refractivity contribution in [1.82, 2.24) is 0 Å². The topological polar surface area (TPSA) is 71.4 Å². The van der Waals surface area contributed by atoms with Crippen LogP contribution >= 0.6 is 0 Å². The van der Waals surface area contributed by atoms with Gasteiger partial charge in [-0.15, -0.1) is 0 Å². The van der Waals surface area contributed by atoms with Gasteiger partial charge < -0.3 is 0 Å². The fourth-order valence-corrected chi connectivity index (χ4v) is 1.05. The molecule has 0 fully saturated rings. The monoisotopic (exact) mass is 197 g/mol. The summed E-state index contributed by atoms with van der Waals surface area (Å²) in [7, 11) is 0. The Morgan fingerprint density at radius 2 is 1.60 bits per heavy atom. The van der Waals surface area contributed by atoms with Crippen molar-refractivity contribution >= 4 is 0 Å². The van der Waals surface area contributed by atoms with Crippen molar-refractivity contribution in [3.8, 4) is 18.2 Å². The lowest BCUT2D eigenvalue weighted by Crippen LogP contribution is -1.88. The highest BCUT2D eigenvalue weighted by molar-refractivity contribution is 5.55. The molecule has 3 heteroatoms. The molecule has 74 valence electrons. The maximum absolute atomic E-state index is 8.90. The van der Waals surface area contributed by atoms with Crippen LogP contribution in [0, 0.1) is 34.0 Å². The maximum atomic E-state index is 8.90. The molecule has 0 saturated heterocycles. The average Bonchev–Trinajstić information content (AvgIpc) is 2.24. The van der Waals surface area contributed by atoms with Crippen LogP contribution in [0.2, 0.25) is 0 Å². The smallest absolute Gasteiger partial charge is 0.101 e. The van der Waals surface area contributed by atoms with Crippen molar-refractivity contribution < 1.29 is 0 Å². The third-order valence-electron chi connectivity index (χ3n) is 1.79. The van der Waals surface area contributed by atoms with Crippen LogP contribution in [-0.2, 0) is 0 Å². The van der Waals surface area contributed by atoms with E-state index in [0.717, 1.165) is 0 Å². The first-order valence-corrected chi connectivity index (χ1v) is 4.36. The van der Waals surface area contributed by atoms with E-state index in [4.69, 9.17) is 15.8 Å². The minimum atomic E-state index is 0.314. The van der Waals surface area contributed by atoms with E-state index in [1.54, 1.807) is 32.9 Å². The number of nitrogens with zero attached hydrogens (tertiary/aromatic N) is 3. The summed E-state index contributed by atoms with van der Waals surface area (Å²) in [6.45, 7) is 5.06. The van der Waals surface area contributed by atoms with Crippen LogP contribution in [0.3, 0.4) is 0 Å². The zero-order valence-corrected chi connectivity index (χ0v) is 9.00. The predicted molar refractivity (Wildman–Crippen MR) is 57.1 cm³/mol. The molecule has 0 radical (unpaired) electrons. The third kappa shape index (κ3) is 3.51. The molecule has 0 atom stereocenters. The summed E-state index contributed by atoms with van der Waals surface area (Å²) in [6.07, 6.45) is 3.18. The fraction of sp³-hybridized carbons (Fsp3) is 0.250. The molecular formula is C12H11N3. The Hall–Kier alpha value is -2.31. The van der Waals surface area contributed by atoms with Crippen molar-refractivity contribution in [3.63, 3.8) is 0 Å². The van der Waals surface area contributed by atoms with E-state index in [9.17, 15) is 0 Å². The van der Waals surface area contributed by atoms with Gasteiger partial charge in [0.05, 0.1) is 17.2 Å². The predicted octanol–water partition coefficient (Wildman–Crippen LogP) is 2.77. The molecular weight excluding hydrogens is 186 g/mol. The number of hydrogen-bond acceptors (Lipinski definition) is 3. The highest BCUT2D eigenvalue weighted by atomic mass is 14.3. The van der Waals surface area contributed by atoms with Gasteiger partial charge >= 0.3 is 0 Å². The summed E-state index contributed by atoms with van der Waals surface area (Å²) in [4.78, 5) is 0. The van der Waals surface area contributed by atoms with E-state index in [1.807, 2.05) is 18.2 Å². The van der Waals surface area contributed by atoms with Crippen molar-refractivity contribution in [2.45, 2.75) is 20.8 Å². The zero-order valence-electron chi connectivity index (χ0n) is 9.00. The lowest BCUT2D eigenvalue weighted by atomic mass is 10.0. The molecule has 0 aliphatic rings. The lowest BCUT2D eigenvalue weighted by Gasteiger charge is -1.98. The van der Waals surface area contributed by atoms with Crippen LogP contribution in [0.25, 0.3) is 0 Å². The second kappa shape index (κ2) is 6.19. The summed E-state index contributed by atoms with van der Waals surface area (Å²) < 4.78 is 0. The Morgan fingerprint density at radius 3 is 1.93 bits per heavy atom. The number of hydrogen-bond donors (Lipinski definition) is 0. The summed E-state index contributed by atoms with van der Waals surface area (Å²) in [5.74, 6) is 0. The highest BCUT2D eigenvalue weighted by Crippen LogP contribution is 2.15.